The van der Waals surface area contributed by atoms with Crippen LogP contribution in [0.25, 0.3) is 0 Å². The van der Waals surface area contributed by atoms with Crippen molar-refractivity contribution < 1.29 is 9.53 Å². The molecule has 138 valence electrons. The SMILES string of the molecule is CCCCCOc1ccccc1C(=O)NC(=S)N[C@H](C)c1ccccc1. The monoisotopic (exact) mass is 370 g/mol. The molecule has 2 rings (SSSR count). The van der Waals surface area contributed by atoms with Gasteiger partial charge in [-0.2, -0.15) is 0 Å². The molecule has 2 aromatic carbocycles. The van der Waals surface area contributed by atoms with Gasteiger partial charge in [-0.05, 0) is 43.3 Å². The van der Waals surface area contributed by atoms with E-state index in [4.69, 9.17) is 17.0 Å². The molecule has 0 radical (unpaired) electrons. The zero-order chi connectivity index (χ0) is 18.8. The zero-order valence-corrected chi connectivity index (χ0v) is 16.1. The number of rotatable bonds is 8. The van der Waals surface area contributed by atoms with Gasteiger partial charge in [-0.25, -0.2) is 0 Å². The van der Waals surface area contributed by atoms with E-state index in [1.807, 2.05) is 55.5 Å². The quantitative estimate of drug-likeness (QED) is 0.526. The van der Waals surface area contributed by atoms with Crippen molar-refractivity contribution in [3.63, 3.8) is 0 Å². The maximum absolute atomic E-state index is 12.6. The zero-order valence-electron chi connectivity index (χ0n) is 15.3. The lowest BCUT2D eigenvalue weighted by Crippen LogP contribution is -2.40. The molecule has 0 saturated heterocycles. The number of benzene rings is 2. The number of hydrogen-bond acceptors (Lipinski definition) is 3. The Balaban J connectivity index is 1.93. The summed E-state index contributed by atoms with van der Waals surface area (Å²) in [6, 6.07) is 17.2. The van der Waals surface area contributed by atoms with E-state index in [0.29, 0.717) is 23.0 Å². The Morgan fingerprint density at radius 3 is 2.50 bits per heavy atom. The van der Waals surface area contributed by atoms with Gasteiger partial charge >= 0.3 is 0 Å². The first-order chi connectivity index (χ1) is 12.6. The lowest BCUT2D eigenvalue weighted by atomic mass is 10.1. The Morgan fingerprint density at radius 2 is 1.77 bits per heavy atom. The summed E-state index contributed by atoms with van der Waals surface area (Å²) in [5, 5.41) is 6.17. The molecule has 2 aromatic rings. The fourth-order valence-electron chi connectivity index (χ4n) is 2.54. The summed E-state index contributed by atoms with van der Waals surface area (Å²) in [5.74, 6) is 0.314. The second-order valence-corrected chi connectivity index (χ2v) is 6.52. The standard InChI is InChI=1S/C21H26N2O2S/c1-3-4-10-15-25-19-14-9-8-13-18(19)20(24)23-21(26)22-16(2)17-11-6-5-7-12-17/h5-9,11-14,16H,3-4,10,15H2,1-2H3,(H2,22,23,24,26)/t16-/m1/s1. The molecule has 0 aliphatic heterocycles. The van der Waals surface area contributed by atoms with E-state index in [2.05, 4.69) is 17.6 Å². The van der Waals surface area contributed by atoms with Crippen LogP contribution >= 0.6 is 12.2 Å². The highest BCUT2D eigenvalue weighted by molar-refractivity contribution is 7.80. The first kappa shape index (κ1) is 19.9. The summed E-state index contributed by atoms with van der Waals surface area (Å²) in [5.41, 5.74) is 1.59. The third-order valence-corrected chi connectivity index (χ3v) is 4.23. The smallest absolute Gasteiger partial charge is 0.261 e. The van der Waals surface area contributed by atoms with Crippen LogP contribution in [-0.4, -0.2) is 17.6 Å². The van der Waals surface area contributed by atoms with Crippen LogP contribution in [0.3, 0.4) is 0 Å². The van der Waals surface area contributed by atoms with Gasteiger partial charge in [-0.3, -0.25) is 10.1 Å². The Morgan fingerprint density at radius 1 is 1.08 bits per heavy atom. The Hall–Kier alpha value is -2.40. The molecule has 5 heteroatoms. The molecule has 0 bridgehead atoms. The number of carbonyl (C=O) groups is 1. The maximum atomic E-state index is 12.6. The highest BCUT2D eigenvalue weighted by atomic mass is 32.1. The molecule has 0 spiro atoms. The molecule has 0 saturated carbocycles. The van der Waals surface area contributed by atoms with Crippen LogP contribution in [0, 0.1) is 0 Å². The van der Waals surface area contributed by atoms with Gasteiger partial charge < -0.3 is 10.1 Å². The van der Waals surface area contributed by atoms with Crippen molar-refractivity contribution in [2.24, 2.45) is 0 Å². The van der Waals surface area contributed by atoms with E-state index < -0.39 is 0 Å². The summed E-state index contributed by atoms with van der Waals surface area (Å²) >= 11 is 5.29. The van der Waals surface area contributed by atoms with E-state index in [-0.39, 0.29) is 11.9 Å². The van der Waals surface area contributed by atoms with Gasteiger partial charge in [0, 0.05) is 0 Å². The first-order valence-electron chi connectivity index (χ1n) is 9.00. The van der Waals surface area contributed by atoms with Crippen molar-refractivity contribution >= 4 is 23.2 Å². The molecule has 1 atom stereocenters. The molecule has 0 aromatic heterocycles. The number of unbranched alkanes of at least 4 members (excludes halogenated alkanes) is 2. The normalized spacial score (nSPS) is 11.5. The Labute approximate surface area is 161 Å². The summed E-state index contributed by atoms with van der Waals surface area (Å²) in [6.45, 7) is 4.75. The number of para-hydroxylation sites is 1. The fraction of sp³-hybridized carbons (Fsp3) is 0.333. The van der Waals surface area contributed by atoms with Crippen LogP contribution in [0.1, 0.15) is 55.1 Å². The molecule has 4 nitrogen and oxygen atoms in total. The third kappa shape index (κ3) is 6.15. The van der Waals surface area contributed by atoms with Crippen LogP contribution in [0.5, 0.6) is 5.75 Å². The van der Waals surface area contributed by atoms with Crippen molar-refractivity contribution in [2.75, 3.05) is 6.61 Å². The molecular formula is C21H26N2O2S. The molecule has 0 fully saturated rings. The Bertz CT molecular complexity index is 719. The number of nitrogens with one attached hydrogen (secondary N) is 2. The summed E-state index contributed by atoms with van der Waals surface area (Å²) in [7, 11) is 0. The topological polar surface area (TPSA) is 50.4 Å². The van der Waals surface area contributed by atoms with Gasteiger partial charge in [0.15, 0.2) is 5.11 Å². The maximum Gasteiger partial charge on any atom is 0.261 e. The van der Waals surface area contributed by atoms with Crippen molar-refractivity contribution in [1.29, 1.82) is 0 Å². The summed E-state index contributed by atoms with van der Waals surface area (Å²) in [6.07, 6.45) is 3.21. The highest BCUT2D eigenvalue weighted by Crippen LogP contribution is 2.18. The first-order valence-corrected chi connectivity index (χ1v) is 9.41. The average Bonchev–Trinajstić information content (AvgIpc) is 2.66. The van der Waals surface area contributed by atoms with Crippen LogP contribution in [0.15, 0.2) is 54.6 Å². The molecule has 26 heavy (non-hydrogen) atoms. The third-order valence-electron chi connectivity index (χ3n) is 4.01. The van der Waals surface area contributed by atoms with Crippen LogP contribution in [0.4, 0.5) is 0 Å². The van der Waals surface area contributed by atoms with Gasteiger partial charge in [0.05, 0.1) is 18.2 Å². The van der Waals surface area contributed by atoms with Gasteiger partial charge in [0.25, 0.3) is 5.91 Å². The van der Waals surface area contributed by atoms with Gasteiger partial charge in [0.1, 0.15) is 5.75 Å². The molecule has 1 amide bonds. The molecule has 0 aliphatic carbocycles. The molecule has 0 heterocycles. The summed E-state index contributed by atoms with van der Waals surface area (Å²) in [4.78, 5) is 12.6. The van der Waals surface area contributed by atoms with Crippen LogP contribution in [-0.2, 0) is 0 Å². The Kier molecular flexibility index (Phi) is 8.09. The van der Waals surface area contributed by atoms with Crippen LogP contribution < -0.4 is 15.4 Å². The van der Waals surface area contributed by atoms with E-state index in [1.54, 1.807) is 6.07 Å². The van der Waals surface area contributed by atoms with Crippen molar-refractivity contribution in [2.45, 2.75) is 39.2 Å². The van der Waals surface area contributed by atoms with E-state index in [1.165, 1.54) is 0 Å². The largest absolute Gasteiger partial charge is 0.493 e. The predicted octanol–water partition coefficient (Wildman–Crippen LogP) is 4.62. The summed E-state index contributed by atoms with van der Waals surface area (Å²) < 4.78 is 5.77. The average molecular weight is 371 g/mol. The van der Waals surface area contributed by atoms with Crippen molar-refractivity contribution in [3.05, 3.63) is 65.7 Å². The number of amides is 1. The second kappa shape index (κ2) is 10.6. The molecule has 0 unspecified atom stereocenters. The van der Waals surface area contributed by atoms with Crippen molar-refractivity contribution in [3.8, 4) is 5.75 Å². The van der Waals surface area contributed by atoms with Crippen molar-refractivity contribution in [1.82, 2.24) is 10.6 Å². The van der Waals surface area contributed by atoms with E-state index in [9.17, 15) is 4.79 Å². The highest BCUT2D eigenvalue weighted by Gasteiger charge is 2.14. The minimum absolute atomic E-state index is 0.00420. The predicted molar refractivity (Wildman–Crippen MR) is 110 cm³/mol. The lowest BCUT2D eigenvalue weighted by Gasteiger charge is -2.17. The second-order valence-electron chi connectivity index (χ2n) is 6.11. The molecule has 0 aliphatic rings. The number of thiocarbonyl (C=S) groups is 1. The van der Waals surface area contributed by atoms with E-state index >= 15 is 0 Å². The minimum atomic E-state index is -0.270. The van der Waals surface area contributed by atoms with Gasteiger partial charge in [0.2, 0.25) is 0 Å². The minimum Gasteiger partial charge on any atom is -0.493 e. The number of ether oxygens (including phenoxy) is 1. The van der Waals surface area contributed by atoms with E-state index in [0.717, 1.165) is 24.8 Å². The van der Waals surface area contributed by atoms with Crippen LogP contribution in [0.2, 0.25) is 0 Å². The fourth-order valence-corrected chi connectivity index (χ4v) is 2.81. The number of carbonyl (C=O) groups excluding carboxylic acids is 1. The number of hydrogen-bond donors (Lipinski definition) is 2. The van der Waals surface area contributed by atoms with Gasteiger partial charge in [-0.15, -0.1) is 0 Å². The molecule has 2 N–H and O–H groups in total. The molecular weight excluding hydrogens is 344 g/mol. The lowest BCUT2D eigenvalue weighted by molar-refractivity contribution is 0.0972. The van der Waals surface area contributed by atoms with Gasteiger partial charge in [-0.1, -0.05) is 62.2 Å².